The number of rotatable bonds is 5. The Morgan fingerprint density at radius 3 is 2.45 bits per heavy atom. The van der Waals surface area contributed by atoms with Crippen LogP contribution in [0.5, 0.6) is 0 Å². The highest BCUT2D eigenvalue weighted by Crippen LogP contribution is 2.31. The summed E-state index contributed by atoms with van der Waals surface area (Å²) in [4.78, 5) is 28.2. The van der Waals surface area contributed by atoms with Crippen molar-refractivity contribution >= 4 is 62.3 Å². The minimum atomic E-state index is -0.390. The van der Waals surface area contributed by atoms with E-state index >= 15 is 0 Å². The van der Waals surface area contributed by atoms with Crippen molar-refractivity contribution in [3.05, 3.63) is 75.2 Å². The molecule has 31 heavy (non-hydrogen) atoms. The molecule has 0 unspecified atom stereocenters. The molecule has 0 aliphatic carbocycles. The van der Waals surface area contributed by atoms with Gasteiger partial charge in [0.2, 0.25) is 5.91 Å². The molecule has 0 spiro atoms. The number of amides is 2. The van der Waals surface area contributed by atoms with Crippen molar-refractivity contribution in [2.45, 2.75) is 6.92 Å². The summed E-state index contributed by atoms with van der Waals surface area (Å²) in [5.41, 5.74) is 2.09. The highest BCUT2D eigenvalue weighted by Gasteiger charge is 2.21. The van der Waals surface area contributed by atoms with E-state index in [9.17, 15) is 9.59 Å². The van der Waals surface area contributed by atoms with Gasteiger partial charge in [-0.05, 0) is 37.3 Å². The van der Waals surface area contributed by atoms with Crippen LogP contribution in [0.3, 0.4) is 0 Å². The summed E-state index contributed by atoms with van der Waals surface area (Å²) in [6.45, 7) is 1.77. The van der Waals surface area contributed by atoms with E-state index in [1.807, 2.05) is 48.0 Å². The van der Waals surface area contributed by atoms with E-state index in [1.165, 1.54) is 16.2 Å². The molecule has 6 nitrogen and oxygen atoms in total. The predicted octanol–water partition coefficient (Wildman–Crippen LogP) is 5.41. The monoisotopic (exact) mass is 472 g/mol. The molecule has 158 valence electrons. The number of hydrogen-bond donors (Lipinski definition) is 1. The lowest BCUT2D eigenvalue weighted by molar-refractivity contribution is -0.116. The van der Waals surface area contributed by atoms with E-state index in [4.69, 9.17) is 23.2 Å². The first-order chi connectivity index (χ1) is 14.8. The number of aryl methyl sites for hydroxylation is 1. The summed E-state index contributed by atoms with van der Waals surface area (Å²) >= 11 is 13.5. The Balaban J connectivity index is 1.53. The van der Waals surface area contributed by atoms with E-state index in [-0.39, 0.29) is 12.5 Å². The van der Waals surface area contributed by atoms with Gasteiger partial charge in [-0.15, -0.1) is 11.3 Å². The predicted molar refractivity (Wildman–Crippen MR) is 126 cm³/mol. The van der Waals surface area contributed by atoms with Crippen molar-refractivity contribution < 1.29 is 9.59 Å². The molecule has 0 atom stereocenters. The Morgan fingerprint density at radius 2 is 1.77 bits per heavy atom. The summed E-state index contributed by atoms with van der Waals surface area (Å²) in [6.07, 6.45) is 0. The summed E-state index contributed by atoms with van der Waals surface area (Å²) in [5.74, 6) is -0.640. The third-order valence-corrected chi connectivity index (χ3v) is 6.44. The largest absolute Gasteiger partial charge is 0.332 e. The van der Waals surface area contributed by atoms with Gasteiger partial charge in [0, 0.05) is 12.4 Å². The van der Waals surface area contributed by atoms with E-state index in [2.05, 4.69) is 10.4 Å². The Morgan fingerprint density at radius 1 is 1.10 bits per heavy atom. The normalized spacial score (nSPS) is 11.0. The van der Waals surface area contributed by atoms with E-state index in [0.29, 0.717) is 20.6 Å². The van der Waals surface area contributed by atoms with Gasteiger partial charge in [-0.25, -0.2) is 4.68 Å². The van der Waals surface area contributed by atoms with Crippen LogP contribution in [0.4, 0.5) is 5.69 Å². The maximum absolute atomic E-state index is 13.0. The minimum absolute atomic E-state index is 0.140. The number of fused-ring (bicyclic) bond motifs is 1. The van der Waals surface area contributed by atoms with Gasteiger partial charge in [-0.3, -0.25) is 9.59 Å². The number of carbonyl (C=O) groups is 2. The van der Waals surface area contributed by atoms with Gasteiger partial charge in [0.15, 0.2) is 0 Å². The number of para-hydroxylation sites is 2. The Kier molecular flexibility index (Phi) is 6.00. The average Bonchev–Trinajstić information content (AvgIpc) is 3.31. The van der Waals surface area contributed by atoms with Gasteiger partial charge in [-0.2, -0.15) is 5.10 Å². The summed E-state index contributed by atoms with van der Waals surface area (Å²) in [7, 11) is 1.58. The van der Waals surface area contributed by atoms with Gasteiger partial charge in [0.05, 0.1) is 38.5 Å². The van der Waals surface area contributed by atoms with Gasteiger partial charge in [0.1, 0.15) is 4.83 Å². The first-order valence-corrected chi connectivity index (χ1v) is 11.0. The number of likely N-dealkylation sites (N-methyl/N-ethyl adjacent to an activating group) is 1. The second-order valence-corrected chi connectivity index (χ2v) is 8.81. The fraction of sp³-hybridized carbons (Fsp3) is 0.136. The van der Waals surface area contributed by atoms with E-state index in [1.54, 1.807) is 25.2 Å². The average molecular weight is 473 g/mol. The molecule has 0 bridgehead atoms. The lowest BCUT2D eigenvalue weighted by Crippen LogP contribution is -2.34. The second-order valence-electron chi connectivity index (χ2n) is 6.97. The SMILES string of the molecule is Cc1nn(-c2ccccc2)c2sc(C(=O)N(C)CC(=O)Nc3c(Cl)cccc3Cl)cc12. The van der Waals surface area contributed by atoms with Crippen LogP contribution in [0.1, 0.15) is 15.4 Å². The van der Waals surface area contributed by atoms with Crippen LogP contribution in [-0.2, 0) is 4.79 Å². The van der Waals surface area contributed by atoms with Gasteiger partial charge < -0.3 is 10.2 Å². The zero-order valence-electron chi connectivity index (χ0n) is 16.7. The number of hydrogen-bond acceptors (Lipinski definition) is 4. The van der Waals surface area contributed by atoms with Gasteiger partial charge in [-0.1, -0.05) is 47.5 Å². The molecular formula is C22H18Cl2N4O2S. The second kappa shape index (κ2) is 8.70. The highest BCUT2D eigenvalue weighted by atomic mass is 35.5. The van der Waals surface area contributed by atoms with E-state index in [0.717, 1.165) is 21.6 Å². The lowest BCUT2D eigenvalue weighted by Gasteiger charge is -2.16. The maximum atomic E-state index is 13.0. The molecule has 4 aromatic rings. The van der Waals surface area contributed by atoms with Crippen molar-refractivity contribution in [2.24, 2.45) is 0 Å². The number of nitrogens with one attached hydrogen (secondary N) is 1. The number of anilines is 1. The van der Waals surface area contributed by atoms with Crippen LogP contribution < -0.4 is 5.32 Å². The first kappa shape index (κ1) is 21.4. The van der Waals surface area contributed by atoms with Crippen molar-refractivity contribution in [2.75, 3.05) is 18.9 Å². The van der Waals surface area contributed by atoms with Crippen LogP contribution in [0.25, 0.3) is 15.9 Å². The van der Waals surface area contributed by atoms with Crippen molar-refractivity contribution in [1.29, 1.82) is 0 Å². The molecule has 2 aromatic carbocycles. The quantitative estimate of drug-likeness (QED) is 0.421. The Hall–Kier alpha value is -2.87. The number of carbonyl (C=O) groups excluding carboxylic acids is 2. The fourth-order valence-electron chi connectivity index (χ4n) is 3.17. The van der Waals surface area contributed by atoms with Gasteiger partial charge >= 0.3 is 0 Å². The van der Waals surface area contributed by atoms with Gasteiger partial charge in [0.25, 0.3) is 5.91 Å². The fourth-order valence-corrected chi connectivity index (χ4v) is 4.84. The van der Waals surface area contributed by atoms with Crippen LogP contribution in [0, 0.1) is 6.92 Å². The number of nitrogens with zero attached hydrogens (tertiary/aromatic N) is 3. The van der Waals surface area contributed by atoms with Crippen molar-refractivity contribution in [3.8, 4) is 5.69 Å². The summed E-state index contributed by atoms with van der Waals surface area (Å²) < 4.78 is 1.83. The summed E-state index contributed by atoms with van der Waals surface area (Å²) in [6, 6.07) is 16.5. The highest BCUT2D eigenvalue weighted by molar-refractivity contribution is 7.20. The molecule has 0 saturated carbocycles. The molecule has 4 rings (SSSR count). The molecular weight excluding hydrogens is 455 g/mol. The Labute approximate surface area is 193 Å². The van der Waals surface area contributed by atoms with Crippen molar-refractivity contribution in [1.82, 2.24) is 14.7 Å². The van der Waals surface area contributed by atoms with Crippen LogP contribution in [-0.4, -0.2) is 40.1 Å². The first-order valence-electron chi connectivity index (χ1n) is 9.39. The van der Waals surface area contributed by atoms with Crippen molar-refractivity contribution in [3.63, 3.8) is 0 Å². The minimum Gasteiger partial charge on any atom is -0.332 e. The topological polar surface area (TPSA) is 67.2 Å². The Bertz CT molecular complexity index is 1260. The maximum Gasteiger partial charge on any atom is 0.264 e. The molecule has 2 aromatic heterocycles. The molecule has 2 amide bonds. The summed E-state index contributed by atoms with van der Waals surface area (Å²) in [5, 5.41) is 8.84. The molecule has 0 fully saturated rings. The van der Waals surface area contributed by atoms with Crippen LogP contribution >= 0.6 is 34.5 Å². The van der Waals surface area contributed by atoms with Crippen LogP contribution in [0.2, 0.25) is 10.0 Å². The zero-order chi connectivity index (χ0) is 22.1. The molecule has 0 radical (unpaired) electrons. The third-order valence-electron chi connectivity index (χ3n) is 4.71. The number of halogens is 2. The lowest BCUT2D eigenvalue weighted by atomic mass is 10.3. The standard InChI is InChI=1S/C22H18Cl2N4O2S/c1-13-15-11-18(31-22(15)28(26-13)14-7-4-3-5-8-14)21(30)27(2)12-19(29)25-20-16(23)9-6-10-17(20)24/h3-11H,12H2,1-2H3,(H,25,29). The molecule has 9 heteroatoms. The number of benzene rings is 2. The number of thiophene rings is 1. The van der Waals surface area contributed by atoms with Crippen LogP contribution in [0.15, 0.2) is 54.6 Å². The smallest absolute Gasteiger partial charge is 0.264 e. The molecule has 1 N–H and O–H groups in total. The molecule has 0 saturated heterocycles. The third kappa shape index (κ3) is 4.30. The molecule has 2 heterocycles. The zero-order valence-corrected chi connectivity index (χ0v) is 19.1. The molecule has 0 aliphatic rings. The molecule has 0 aliphatic heterocycles. The van der Waals surface area contributed by atoms with E-state index < -0.39 is 5.91 Å². The number of aromatic nitrogens is 2.